The van der Waals surface area contributed by atoms with Gasteiger partial charge in [-0.15, -0.1) is 0 Å². The lowest BCUT2D eigenvalue weighted by molar-refractivity contribution is 0.0504. The molecule has 0 aromatic heterocycles. The molecule has 93 valence electrons. The molecule has 0 fully saturated rings. The van der Waals surface area contributed by atoms with Crippen LogP contribution in [0.4, 0.5) is 4.79 Å². The summed E-state index contributed by atoms with van der Waals surface area (Å²) in [4.78, 5) is 11.6. The summed E-state index contributed by atoms with van der Waals surface area (Å²) in [6, 6.07) is 9.65. The molecule has 0 heterocycles. The molecule has 0 saturated heterocycles. The van der Waals surface area contributed by atoms with Crippen LogP contribution in [-0.2, 0) is 4.74 Å². The van der Waals surface area contributed by atoms with E-state index in [1.165, 1.54) is 0 Å². The van der Waals surface area contributed by atoms with Crippen LogP contribution < -0.4 is 5.32 Å². The minimum Gasteiger partial charge on any atom is -0.444 e. The summed E-state index contributed by atoms with van der Waals surface area (Å²) in [5, 5.41) is 2.82. The van der Waals surface area contributed by atoms with Crippen LogP contribution in [-0.4, -0.2) is 11.7 Å². The van der Waals surface area contributed by atoms with Crippen molar-refractivity contribution in [3.8, 4) is 0 Å². The highest BCUT2D eigenvalue weighted by Gasteiger charge is 2.19. The molecular weight excluding hydrogens is 214 g/mol. The van der Waals surface area contributed by atoms with Gasteiger partial charge < -0.3 is 10.1 Å². The van der Waals surface area contributed by atoms with Gasteiger partial charge in [-0.05, 0) is 32.8 Å². The minimum absolute atomic E-state index is 0.106. The summed E-state index contributed by atoms with van der Waals surface area (Å²) in [6.45, 7) is 9.37. The van der Waals surface area contributed by atoms with E-state index in [1.54, 1.807) is 0 Å². The highest BCUT2D eigenvalue weighted by molar-refractivity contribution is 5.68. The summed E-state index contributed by atoms with van der Waals surface area (Å²) >= 11 is 0. The van der Waals surface area contributed by atoms with E-state index < -0.39 is 11.7 Å². The summed E-state index contributed by atoms with van der Waals surface area (Å²) in [5.41, 5.74) is 0.556. The van der Waals surface area contributed by atoms with E-state index in [9.17, 15) is 4.79 Å². The molecule has 0 aliphatic rings. The Morgan fingerprint density at radius 3 is 2.41 bits per heavy atom. The van der Waals surface area contributed by atoms with Crippen molar-refractivity contribution in [2.75, 3.05) is 0 Å². The summed E-state index contributed by atoms with van der Waals surface area (Å²) in [7, 11) is 0. The quantitative estimate of drug-likeness (QED) is 0.869. The monoisotopic (exact) mass is 234 g/mol. The van der Waals surface area contributed by atoms with Crippen molar-refractivity contribution in [2.45, 2.75) is 38.8 Å². The van der Waals surface area contributed by atoms with Gasteiger partial charge in [0.05, 0.1) is 6.04 Å². The normalized spacial score (nSPS) is 12.9. The Morgan fingerprint density at radius 1 is 1.35 bits per heavy atom. The fourth-order valence-electron chi connectivity index (χ4n) is 1.46. The van der Waals surface area contributed by atoms with Gasteiger partial charge in [0.1, 0.15) is 5.60 Å². The number of hydrogen-bond acceptors (Lipinski definition) is 2. The fourth-order valence-corrected chi connectivity index (χ4v) is 1.46. The lowest BCUT2D eigenvalue weighted by Crippen LogP contribution is -2.34. The summed E-state index contributed by atoms with van der Waals surface area (Å²) < 4.78 is 5.21. The first kappa shape index (κ1) is 13.6. The third-order valence-electron chi connectivity index (χ3n) is 2.18. The zero-order valence-electron chi connectivity index (χ0n) is 10.7. The Bertz CT molecular complexity index is 354. The summed E-state index contributed by atoms with van der Waals surface area (Å²) in [5.74, 6) is 0. The number of benzene rings is 1. The zero-order valence-corrected chi connectivity index (χ0v) is 10.7. The largest absolute Gasteiger partial charge is 0.444 e. The highest BCUT2D eigenvalue weighted by atomic mass is 16.6. The predicted molar refractivity (Wildman–Crippen MR) is 68.5 cm³/mol. The molecule has 0 saturated carbocycles. The third-order valence-corrected chi connectivity index (χ3v) is 2.18. The van der Waals surface area contributed by atoms with Gasteiger partial charge in [-0.2, -0.15) is 0 Å². The molecule has 0 spiro atoms. The van der Waals surface area contributed by atoms with Crippen LogP contribution in [0.1, 0.15) is 38.8 Å². The molecule has 1 rings (SSSR count). The Labute approximate surface area is 103 Å². The Morgan fingerprint density at radius 2 is 1.94 bits per heavy atom. The van der Waals surface area contributed by atoms with Gasteiger partial charge in [0.15, 0.2) is 0 Å². The lowest BCUT2D eigenvalue weighted by Gasteiger charge is -2.23. The number of carbonyl (C=O) groups excluding carboxylic acids is 1. The van der Waals surface area contributed by atoms with E-state index in [-0.39, 0.29) is 6.04 Å². The van der Waals surface area contributed by atoms with E-state index >= 15 is 0 Å². The predicted octanol–water partition coefficient (Wildman–Crippen LogP) is 3.48. The Hall–Kier alpha value is -1.51. The number of hydrogen-bond donors (Lipinski definition) is 1. The molecule has 1 aromatic carbocycles. The molecule has 3 nitrogen and oxygen atoms in total. The number of alkyl carbamates (subject to hydrolysis) is 1. The second-order valence-corrected chi connectivity index (χ2v) is 4.90. The molecule has 1 radical (unpaired) electrons. The zero-order chi connectivity index (χ0) is 12.9. The van der Waals surface area contributed by atoms with Crippen LogP contribution in [0.5, 0.6) is 0 Å². The van der Waals surface area contributed by atoms with Gasteiger partial charge >= 0.3 is 6.09 Å². The van der Waals surface area contributed by atoms with Crippen LogP contribution in [0.25, 0.3) is 0 Å². The van der Waals surface area contributed by atoms with Gasteiger partial charge in [-0.25, -0.2) is 4.79 Å². The van der Waals surface area contributed by atoms with E-state index in [4.69, 9.17) is 4.74 Å². The van der Waals surface area contributed by atoms with Crippen molar-refractivity contribution >= 4 is 6.09 Å². The smallest absolute Gasteiger partial charge is 0.408 e. The Kier molecular flexibility index (Phi) is 4.55. The van der Waals surface area contributed by atoms with Gasteiger partial charge in [-0.1, -0.05) is 37.3 Å². The van der Waals surface area contributed by atoms with Gasteiger partial charge in [0.25, 0.3) is 0 Å². The average Bonchev–Trinajstić information content (AvgIpc) is 2.24. The molecule has 1 N–H and O–H groups in total. The van der Waals surface area contributed by atoms with Crippen molar-refractivity contribution in [1.29, 1.82) is 0 Å². The van der Waals surface area contributed by atoms with Crippen molar-refractivity contribution in [3.05, 3.63) is 42.8 Å². The number of rotatable bonds is 3. The van der Waals surface area contributed by atoms with Crippen LogP contribution in [0.3, 0.4) is 0 Å². The van der Waals surface area contributed by atoms with Crippen LogP contribution in [0.2, 0.25) is 0 Å². The number of ether oxygens (including phenoxy) is 1. The van der Waals surface area contributed by atoms with E-state index in [1.807, 2.05) is 51.1 Å². The number of nitrogens with one attached hydrogen (secondary N) is 1. The van der Waals surface area contributed by atoms with Crippen molar-refractivity contribution in [2.24, 2.45) is 0 Å². The fraction of sp³-hybridized carbons (Fsp3) is 0.429. The van der Waals surface area contributed by atoms with Crippen molar-refractivity contribution in [3.63, 3.8) is 0 Å². The van der Waals surface area contributed by atoms with E-state index in [2.05, 4.69) is 12.2 Å². The lowest BCUT2D eigenvalue weighted by atomic mass is 10.1. The van der Waals surface area contributed by atoms with Crippen LogP contribution in [0, 0.1) is 6.92 Å². The first-order valence-corrected chi connectivity index (χ1v) is 5.76. The Balaban J connectivity index is 2.62. The molecule has 17 heavy (non-hydrogen) atoms. The topological polar surface area (TPSA) is 38.3 Å². The van der Waals surface area contributed by atoms with Gasteiger partial charge in [0, 0.05) is 0 Å². The maximum Gasteiger partial charge on any atom is 0.408 e. The average molecular weight is 234 g/mol. The van der Waals surface area contributed by atoms with E-state index in [0.29, 0.717) is 6.42 Å². The number of amides is 1. The second kappa shape index (κ2) is 5.71. The SMILES string of the molecule is [CH2]CC(NC(=O)OC(C)(C)C)c1ccccc1. The van der Waals surface area contributed by atoms with Gasteiger partial charge in [0.2, 0.25) is 0 Å². The summed E-state index contributed by atoms with van der Waals surface area (Å²) in [6.07, 6.45) is 0.179. The van der Waals surface area contributed by atoms with Crippen LogP contribution >= 0.6 is 0 Å². The highest BCUT2D eigenvalue weighted by Crippen LogP contribution is 2.16. The van der Waals surface area contributed by atoms with Crippen molar-refractivity contribution < 1.29 is 9.53 Å². The molecular formula is C14H20NO2. The first-order valence-electron chi connectivity index (χ1n) is 5.76. The standard InChI is InChI=1S/C14H20NO2/c1-5-12(11-9-7-6-8-10-11)15-13(16)17-14(2,3)4/h6-10,12H,1,5H2,2-4H3,(H,15,16). The molecule has 0 aliphatic carbocycles. The van der Waals surface area contributed by atoms with Crippen molar-refractivity contribution in [1.82, 2.24) is 5.32 Å². The van der Waals surface area contributed by atoms with Gasteiger partial charge in [-0.3, -0.25) is 0 Å². The molecule has 0 bridgehead atoms. The first-order chi connectivity index (χ1) is 7.92. The molecule has 1 unspecified atom stereocenters. The minimum atomic E-state index is -0.480. The van der Waals surface area contributed by atoms with Crippen LogP contribution in [0.15, 0.2) is 30.3 Å². The third kappa shape index (κ3) is 4.89. The molecule has 1 amide bonds. The number of carbonyl (C=O) groups is 1. The molecule has 3 heteroatoms. The molecule has 1 atom stereocenters. The maximum absolute atomic E-state index is 11.6. The van der Waals surface area contributed by atoms with E-state index in [0.717, 1.165) is 5.56 Å². The maximum atomic E-state index is 11.6. The molecule has 1 aromatic rings. The second-order valence-electron chi connectivity index (χ2n) is 4.90. The molecule has 0 aliphatic heterocycles.